The Balaban J connectivity index is 1.82. The topological polar surface area (TPSA) is 65.4 Å². The monoisotopic (exact) mass is 509 g/mol. The number of hydrogen-bond acceptors (Lipinski definition) is 5. The van der Waals surface area contributed by atoms with Crippen LogP contribution in [0.4, 0.5) is 0 Å². The van der Waals surface area contributed by atoms with Gasteiger partial charge in [0.25, 0.3) is 5.91 Å². The second-order valence-corrected chi connectivity index (χ2v) is 9.97. The molecule has 3 rings (SSSR count). The molecule has 0 saturated heterocycles. The number of hydrogen-bond donors (Lipinski definition) is 1. The van der Waals surface area contributed by atoms with Crippen LogP contribution in [-0.4, -0.2) is 35.7 Å². The molecule has 0 bridgehead atoms. The predicted molar refractivity (Wildman–Crippen MR) is 135 cm³/mol. The molecule has 9 heteroatoms. The highest BCUT2D eigenvalue weighted by Crippen LogP contribution is 2.29. The van der Waals surface area contributed by atoms with Crippen molar-refractivity contribution in [1.82, 2.24) is 14.9 Å². The number of ether oxygens (including phenoxy) is 2. The molecule has 33 heavy (non-hydrogen) atoms. The van der Waals surface area contributed by atoms with Crippen LogP contribution in [0.1, 0.15) is 41.3 Å². The molecular weight excluding hydrogens is 481 g/mol. The summed E-state index contributed by atoms with van der Waals surface area (Å²) in [4.78, 5) is 17.6. The minimum Gasteiger partial charge on any atom is -0.486 e. The van der Waals surface area contributed by atoms with E-state index in [1.807, 2.05) is 18.4 Å². The largest absolute Gasteiger partial charge is 0.486 e. The summed E-state index contributed by atoms with van der Waals surface area (Å²) in [7, 11) is 1.69. The van der Waals surface area contributed by atoms with Crippen molar-refractivity contribution < 1.29 is 14.3 Å². The van der Waals surface area contributed by atoms with E-state index in [1.54, 1.807) is 25.3 Å². The minimum absolute atomic E-state index is 0.0652. The molecule has 3 aromatic rings. The highest BCUT2D eigenvalue weighted by molar-refractivity contribution is 7.09. The molecule has 1 N–H and O–H groups in total. The second-order valence-electron chi connectivity index (χ2n) is 8.15. The lowest BCUT2D eigenvalue weighted by molar-refractivity contribution is 0.0948. The third kappa shape index (κ3) is 6.96. The van der Waals surface area contributed by atoms with Crippen molar-refractivity contribution in [3.05, 3.63) is 56.0 Å². The lowest BCUT2D eigenvalue weighted by Crippen LogP contribution is -2.27. The first-order valence-electron chi connectivity index (χ1n) is 10.8. The average Bonchev–Trinajstić information content (AvgIpc) is 3.35. The quantitative estimate of drug-likeness (QED) is 0.311. The number of carbonyl (C=O) groups excluding carboxylic acids is 1. The molecule has 6 nitrogen and oxygen atoms in total. The van der Waals surface area contributed by atoms with Crippen molar-refractivity contribution in [1.29, 1.82) is 0 Å². The number of aromatic nitrogens is 2. The van der Waals surface area contributed by atoms with Gasteiger partial charge in [0, 0.05) is 47.9 Å². The van der Waals surface area contributed by atoms with Crippen molar-refractivity contribution >= 4 is 40.4 Å². The highest BCUT2D eigenvalue weighted by atomic mass is 35.5. The molecule has 2 aromatic heterocycles. The van der Waals surface area contributed by atoms with Crippen LogP contribution in [0.15, 0.2) is 29.6 Å². The molecule has 1 aromatic carbocycles. The van der Waals surface area contributed by atoms with Crippen LogP contribution in [0.3, 0.4) is 0 Å². The Labute approximate surface area is 208 Å². The Morgan fingerprint density at radius 3 is 2.61 bits per heavy atom. The molecule has 178 valence electrons. The molecule has 1 amide bonds. The molecule has 0 spiro atoms. The van der Waals surface area contributed by atoms with Crippen LogP contribution in [0.2, 0.25) is 10.0 Å². The summed E-state index contributed by atoms with van der Waals surface area (Å²) in [5.41, 5.74) is 3.31. The number of thiazole rings is 1. The predicted octanol–water partition coefficient (Wildman–Crippen LogP) is 6.23. The molecule has 2 heterocycles. The number of methoxy groups -OCH3 is 1. The Hall–Kier alpha value is -2.06. The molecule has 0 radical (unpaired) electrons. The van der Waals surface area contributed by atoms with Crippen molar-refractivity contribution in [2.75, 3.05) is 20.3 Å². The van der Waals surface area contributed by atoms with E-state index in [1.165, 1.54) is 11.3 Å². The summed E-state index contributed by atoms with van der Waals surface area (Å²) in [5.74, 6) is 0.907. The number of amides is 1. The van der Waals surface area contributed by atoms with Gasteiger partial charge in [-0.3, -0.25) is 4.79 Å². The van der Waals surface area contributed by atoms with Crippen molar-refractivity contribution in [2.24, 2.45) is 5.92 Å². The van der Waals surface area contributed by atoms with Gasteiger partial charge < -0.3 is 19.4 Å². The van der Waals surface area contributed by atoms with Crippen LogP contribution < -0.4 is 10.1 Å². The smallest absolute Gasteiger partial charge is 0.253 e. The van der Waals surface area contributed by atoms with E-state index in [0.29, 0.717) is 47.0 Å². The first kappa shape index (κ1) is 25.6. The van der Waals surface area contributed by atoms with E-state index in [4.69, 9.17) is 37.7 Å². The zero-order valence-electron chi connectivity index (χ0n) is 19.3. The lowest BCUT2D eigenvalue weighted by Gasteiger charge is -2.11. The summed E-state index contributed by atoms with van der Waals surface area (Å²) in [5, 5.41) is 6.85. The van der Waals surface area contributed by atoms with Crippen LogP contribution in [-0.2, 0) is 17.9 Å². The number of rotatable bonds is 11. The molecule has 0 aliphatic rings. The van der Waals surface area contributed by atoms with Gasteiger partial charge in [-0.05, 0) is 43.5 Å². The van der Waals surface area contributed by atoms with E-state index >= 15 is 0 Å². The van der Waals surface area contributed by atoms with E-state index < -0.39 is 0 Å². The van der Waals surface area contributed by atoms with Gasteiger partial charge in [0.2, 0.25) is 0 Å². The Kier molecular flexibility index (Phi) is 9.20. The molecule has 0 unspecified atom stereocenters. The molecular formula is C24H29Cl2N3O3S. The van der Waals surface area contributed by atoms with E-state index in [2.05, 4.69) is 23.7 Å². The van der Waals surface area contributed by atoms with E-state index in [9.17, 15) is 4.79 Å². The van der Waals surface area contributed by atoms with Crippen molar-refractivity contribution in [2.45, 2.75) is 40.3 Å². The number of halogens is 2. The van der Waals surface area contributed by atoms with Crippen LogP contribution in [0.25, 0.3) is 11.4 Å². The maximum absolute atomic E-state index is 12.8. The van der Waals surface area contributed by atoms with Crippen LogP contribution in [0.5, 0.6) is 5.75 Å². The highest BCUT2D eigenvalue weighted by Gasteiger charge is 2.20. The summed E-state index contributed by atoms with van der Waals surface area (Å²) in [6.45, 7) is 8.43. The van der Waals surface area contributed by atoms with Gasteiger partial charge in [0.15, 0.2) is 0 Å². The standard InChI is InChI=1S/C24H29Cl2N3O3S/c1-15(2)12-27-24(30)20-11-22(29(16(20)3)6-5-7-31-4)21-14-33-23(28-21)13-32-19-9-17(25)8-18(26)10-19/h8-11,14-15H,5-7,12-13H2,1-4H3,(H,27,30). The van der Waals surface area contributed by atoms with Crippen molar-refractivity contribution in [3.63, 3.8) is 0 Å². The SMILES string of the molecule is COCCCn1c(-c2csc(COc3cc(Cl)cc(Cl)c3)n2)cc(C(=O)NCC(C)C)c1C. The molecule has 0 atom stereocenters. The van der Waals surface area contributed by atoms with Gasteiger partial charge in [-0.1, -0.05) is 37.0 Å². The Morgan fingerprint density at radius 2 is 1.94 bits per heavy atom. The number of nitrogens with one attached hydrogen (secondary N) is 1. The zero-order valence-corrected chi connectivity index (χ0v) is 21.6. The van der Waals surface area contributed by atoms with Gasteiger partial charge in [-0.2, -0.15) is 0 Å². The third-order valence-corrected chi connectivity index (χ3v) is 6.28. The van der Waals surface area contributed by atoms with E-state index in [-0.39, 0.29) is 5.91 Å². The third-order valence-electron chi connectivity index (χ3n) is 5.02. The van der Waals surface area contributed by atoms with Gasteiger partial charge >= 0.3 is 0 Å². The van der Waals surface area contributed by atoms with Crippen molar-refractivity contribution in [3.8, 4) is 17.1 Å². The maximum Gasteiger partial charge on any atom is 0.253 e. The van der Waals surface area contributed by atoms with Crippen LogP contribution >= 0.6 is 34.5 Å². The van der Waals surface area contributed by atoms with Crippen LogP contribution in [0, 0.1) is 12.8 Å². The Bertz CT molecular complexity index is 1070. The molecule has 0 aliphatic heterocycles. The molecule has 0 saturated carbocycles. The normalized spacial score (nSPS) is 11.2. The van der Waals surface area contributed by atoms with E-state index in [0.717, 1.165) is 35.1 Å². The number of nitrogens with zero attached hydrogens (tertiary/aromatic N) is 2. The van der Waals surface area contributed by atoms with Gasteiger partial charge in [0.1, 0.15) is 17.4 Å². The summed E-state index contributed by atoms with van der Waals surface area (Å²) in [6.07, 6.45) is 0.835. The fourth-order valence-electron chi connectivity index (χ4n) is 3.39. The summed E-state index contributed by atoms with van der Waals surface area (Å²) >= 11 is 13.6. The average molecular weight is 510 g/mol. The maximum atomic E-state index is 12.8. The molecule has 0 aliphatic carbocycles. The van der Waals surface area contributed by atoms with Gasteiger partial charge in [-0.15, -0.1) is 11.3 Å². The lowest BCUT2D eigenvalue weighted by atomic mass is 10.2. The fourth-order valence-corrected chi connectivity index (χ4v) is 4.59. The van der Waals surface area contributed by atoms with Gasteiger partial charge in [0.05, 0.1) is 17.0 Å². The zero-order chi connectivity index (χ0) is 24.0. The number of benzene rings is 1. The Morgan fingerprint density at radius 1 is 1.21 bits per heavy atom. The number of carbonyl (C=O) groups is 1. The second kappa shape index (κ2) is 11.9. The summed E-state index contributed by atoms with van der Waals surface area (Å²) < 4.78 is 13.2. The first-order valence-corrected chi connectivity index (χ1v) is 12.4. The first-order chi connectivity index (χ1) is 15.8. The van der Waals surface area contributed by atoms with Gasteiger partial charge in [-0.25, -0.2) is 4.98 Å². The summed E-state index contributed by atoms with van der Waals surface area (Å²) in [6, 6.07) is 7.02. The minimum atomic E-state index is -0.0652. The fraction of sp³-hybridized carbons (Fsp3) is 0.417. The molecule has 0 fully saturated rings.